The van der Waals surface area contributed by atoms with Crippen molar-refractivity contribution in [2.75, 3.05) is 11.9 Å². The summed E-state index contributed by atoms with van der Waals surface area (Å²) in [6, 6.07) is 6.32. The third-order valence-corrected chi connectivity index (χ3v) is 3.94. The Balaban J connectivity index is 1.96. The summed E-state index contributed by atoms with van der Waals surface area (Å²) >= 11 is 7.12. The molecule has 8 heteroatoms. The second kappa shape index (κ2) is 7.02. The average Bonchev–Trinajstić information content (AvgIpc) is 2.93. The van der Waals surface area contributed by atoms with E-state index in [4.69, 9.17) is 11.6 Å². The van der Waals surface area contributed by atoms with Gasteiger partial charge in [-0.05, 0) is 36.1 Å². The van der Waals surface area contributed by atoms with Gasteiger partial charge in [0.2, 0.25) is 0 Å². The third kappa shape index (κ3) is 4.64. The molecule has 0 saturated heterocycles. The van der Waals surface area contributed by atoms with Crippen LogP contribution < -0.4 is 10.6 Å². The van der Waals surface area contributed by atoms with Gasteiger partial charge in [0.1, 0.15) is 0 Å². The van der Waals surface area contributed by atoms with Gasteiger partial charge < -0.3 is 10.6 Å². The number of alkyl halides is 3. The van der Waals surface area contributed by atoms with Gasteiger partial charge in [-0.3, -0.25) is 0 Å². The van der Waals surface area contributed by atoms with Crippen molar-refractivity contribution in [2.45, 2.75) is 12.6 Å². The molecule has 1 heterocycles. The molecular formula is C14H12ClF3N2OS. The van der Waals surface area contributed by atoms with E-state index in [1.54, 1.807) is 11.3 Å². The molecule has 0 aliphatic rings. The van der Waals surface area contributed by atoms with E-state index in [9.17, 15) is 18.0 Å². The fourth-order valence-electron chi connectivity index (χ4n) is 1.78. The molecule has 1 aromatic carbocycles. The first-order valence-corrected chi connectivity index (χ1v) is 7.56. The highest BCUT2D eigenvalue weighted by molar-refractivity contribution is 7.09. The van der Waals surface area contributed by atoms with Gasteiger partial charge in [-0.15, -0.1) is 11.3 Å². The van der Waals surface area contributed by atoms with E-state index in [0.717, 1.165) is 17.0 Å². The quantitative estimate of drug-likeness (QED) is 0.820. The molecule has 22 heavy (non-hydrogen) atoms. The number of urea groups is 1. The lowest BCUT2D eigenvalue weighted by Crippen LogP contribution is -2.31. The van der Waals surface area contributed by atoms with Crippen LogP contribution in [-0.4, -0.2) is 12.6 Å². The Labute approximate surface area is 134 Å². The maximum Gasteiger partial charge on any atom is 0.418 e. The highest BCUT2D eigenvalue weighted by Crippen LogP contribution is 2.36. The minimum Gasteiger partial charge on any atom is -0.338 e. The molecule has 0 radical (unpaired) electrons. The maximum absolute atomic E-state index is 12.9. The van der Waals surface area contributed by atoms with Gasteiger partial charge in [-0.2, -0.15) is 13.2 Å². The first-order chi connectivity index (χ1) is 10.4. The second-order valence-electron chi connectivity index (χ2n) is 4.40. The Bertz CT molecular complexity index is 644. The zero-order chi connectivity index (χ0) is 16.2. The third-order valence-electron chi connectivity index (χ3n) is 2.77. The highest BCUT2D eigenvalue weighted by atomic mass is 35.5. The molecule has 2 aromatic rings. The number of rotatable bonds is 4. The largest absolute Gasteiger partial charge is 0.418 e. The molecule has 2 rings (SSSR count). The van der Waals surface area contributed by atoms with Gasteiger partial charge in [0.05, 0.1) is 11.3 Å². The Morgan fingerprint density at radius 1 is 1.27 bits per heavy atom. The van der Waals surface area contributed by atoms with Crippen molar-refractivity contribution in [1.82, 2.24) is 5.32 Å². The fourth-order valence-corrected chi connectivity index (χ4v) is 2.66. The molecule has 0 atom stereocenters. The molecule has 1 aromatic heterocycles. The monoisotopic (exact) mass is 348 g/mol. The Morgan fingerprint density at radius 2 is 2.05 bits per heavy atom. The predicted octanol–water partition coefficient (Wildman–Crippen LogP) is 4.78. The summed E-state index contributed by atoms with van der Waals surface area (Å²) in [5, 5.41) is 6.59. The summed E-state index contributed by atoms with van der Waals surface area (Å²) in [5.74, 6) is 0. The number of amides is 2. The van der Waals surface area contributed by atoms with Crippen LogP contribution in [0.25, 0.3) is 0 Å². The highest BCUT2D eigenvalue weighted by Gasteiger charge is 2.34. The summed E-state index contributed by atoms with van der Waals surface area (Å²) < 4.78 is 38.7. The van der Waals surface area contributed by atoms with Gasteiger partial charge in [0.15, 0.2) is 0 Å². The van der Waals surface area contributed by atoms with Crippen LogP contribution in [-0.2, 0) is 12.6 Å². The second-order valence-corrected chi connectivity index (χ2v) is 5.87. The lowest BCUT2D eigenvalue weighted by Gasteiger charge is -2.14. The van der Waals surface area contributed by atoms with Crippen molar-refractivity contribution in [3.8, 4) is 0 Å². The summed E-state index contributed by atoms with van der Waals surface area (Å²) in [7, 11) is 0. The average molecular weight is 349 g/mol. The smallest absolute Gasteiger partial charge is 0.338 e. The number of anilines is 1. The first kappa shape index (κ1) is 16.6. The predicted molar refractivity (Wildman–Crippen MR) is 81.5 cm³/mol. The number of thiophene rings is 1. The van der Waals surface area contributed by atoms with Crippen LogP contribution in [0, 0.1) is 0 Å². The topological polar surface area (TPSA) is 41.1 Å². The van der Waals surface area contributed by atoms with Crippen LogP contribution >= 0.6 is 22.9 Å². The van der Waals surface area contributed by atoms with Crippen molar-refractivity contribution in [3.05, 3.63) is 51.2 Å². The number of hydrogen-bond donors (Lipinski definition) is 2. The standard InChI is InChI=1S/C14H12ClF3N2OS/c15-9-3-4-12(11(8-9)14(16,17)18)20-13(21)19-6-5-10-2-1-7-22-10/h1-4,7-8H,5-6H2,(H2,19,20,21). The van der Waals surface area contributed by atoms with Crippen LogP contribution in [0.1, 0.15) is 10.4 Å². The van der Waals surface area contributed by atoms with Crippen LogP contribution in [0.3, 0.4) is 0 Å². The lowest BCUT2D eigenvalue weighted by molar-refractivity contribution is -0.136. The van der Waals surface area contributed by atoms with Gasteiger partial charge in [-0.25, -0.2) is 4.79 Å². The van der Waals surface area contributed by atoms with E-state index in [0.29, 0.717) is 13.0 Å². The number of benzene rings is 1. The Morgan fingerprint density at radius 3 is 2.68 bits per heavy atom. The number of carbonyl (C=O) groups excluding carboxylic acids is 1. The minimum atomic E-state index is -4.59. The van der Waals surface area contributed by atoms with Crippen LogP contribution in [0.15, 0.2) is 35.7 Å². The molecule has 118 valence electrons. The van der Waals surface area contributed by atoms with Crippen molar-refractivity contribution in [1.29, 1.82) is 0 Å². The first-order valence-electron chi connectivity index (χ1n) is 6.30. The van der Waals surface area contributed by atoms with E-state index in [2.05, 4.69) is 10.6 Å². The van der Waals surface area contributed by atoms with Crippen molar-refractivity contribution >= 4 is 34.7 Å². The number of hydrogen-bond acceptors (Lipinski definition) is 2. The molecule has 0 saturated carbocycles. The molecule has 2 amide bonds. The molecule has 0 spiro atoms. The van der Waals surface area contributed by atoms with Gasteiger partial charge in [0, 0.05) is 16.4 Å². The van der Waals surface area contributed by atoms with Crippen molar-refractivity contribution in [2.24, 2.45) is 0 Å². The van der Waals surface area contributed by atoms with Gasteiger partial charge in [0.25, 0.3) is 0 Å². The van der Waals surface area contributed by atoms with Crippen LogP contribution in [0.2, 0.25) is 5.02 Å². The molecular weight excluding hydrogens is 337 g/mol. The molecule has 0 aliphatic carbocycles. The van der Waals surface area contributed by atoms with Gasteiger partial charge in [-0.1, -0.05) is 17.7 Å². The zero-order valence-electron chi connectivity index (χ0n) is 11.2. The van der Waals surface area contributed by atoms with E-state index in [-0.39, 0.29) is 10.7 Å². The number of halogens is 4. The number of carbonyl (C=O) groups is 1. The number of nitrogens with one attached hydrogen (secondary N) is 2. The Kier molecular flexibility index (Phi) is 5.31. The van der Waals surface area contributed by atoms with E-state index < -0.39 is 17.8 Å². The zero-order valence-corrected chi connectivity index (χ0v) is 12.8. The molecule has 0 bridgehead atoms. The SMILES string of the molecule is O=C(NCCc1cccs1)Nc1ccc(Cl)cc1C(F)(F)F. The maximum atomic E-state index is 12.9. The Hall–Kier alpha value is -1.73. The van der Waals surface area contributed by atoms with E-state index >= 15 is 0 Å². The molecule has 0 unspecified atom stereocenters. The minimum absolute atomic E-state index is 0.0454. The molecule has 2 N–H and O–H groups in total. The van der Waals surface area contributed by atoms with E-state index in [1.807, 2.05) is 17.5 Å². The fraction of sp³-hybridized carbons (Fsp3) is 0.214. The van der Waals surface area contributed by atoms with Crippen molar-refractivity contribution < 1.29 is 18.0 Å². The molecule has 0 fully saturated rings. The molecule has 0 aliphatic heterocycles. The summed E-state index contributed by atoms with van der Waals surface area (Å²) in [4.78, 5) is 12.8. The van der Waals surface area contributed by atoms with Gasteiger partial charge >= 0.3 is 12.2 Å². The van der Waals surface area contributed by atoms with Crippen molar-refractivity contribution in [3.63, 3.8) is 0 Å². The molecule has 3 nitrogen and oxygen atoms in total. The van der Waals surface area contributed by atoms with Crippen LogP contribution in [0.4, 0.5) is 23.7 Å². The lowest BCUT2D eigenvalue weighted by atomic mass is 10.1. The summed E-state index contributed by atoms with van der Waals surface area (Å²) in [6.45, 7) is 0.335. The summed E-state index contributed by atoms with van der Waals surface area (Å²) in [5.41, 5.74) is -1.31. The summed E-state index contributed by atoms with van der Waals surface area (Å²) in [6.07, 6.45) is -3.97. The normalized spacial score (nSPS) is 11.3. The van der Waals surface area contributed by atoms with Crippen LogP contribution in [0.5, 0.6) is 0 Å². The van der Waals surface area contributed by atoms with E-state index in [1.165, 1.54) is 6.07 Å².